The van der Waals surface area contributed by atoms with E-state index in [1.165, 1.54) is 13.8 Å². The fourth-order valence-electron chi connectivity index (χ4n) is 4.45. The number of aromatic hydroxyl groups is 1. The van der Waals surface area contributed by atoms with Gasteiger partial charge in [0.15, 0.2) is 29.0 Å². The predicted molar refractivity (Wildman–Crippen MR) is 111 cm³/mol. The van der Waals surface area contributed by atoms with E-state index in [1.807, 2.05) is 0 Å². The van der Waals surface area contributed by atoms with Crippen molar-refractivity contribution in [3.8, 4) is 5.75 Å². The highest BCUT2D eigenvalue weighted by molar-refractivity contribution is 6.05. The van der Waals surface area contributed by atoms with Gasteiger partial charge in [0.1, 0.15) is 6.10 Å². The lowest BCUT2D eigenvalue weighted by molar-refractivity contribution is -0.150. The molecule has 0 amide bonds. The number of carbonyl (C=O) groups excluding carboxylic acids is 2. The monoisotopic (exact) mass is 463 g/mol. The van der Waals surface area contributed by atoms with Crippen LogP contribution < -0.4 is 0 Å². The smallest absolute Gasteiger partial charge is 0.313 e. The largest absolute Gasteiger partial charge is 0.503 e. The summed E-state index contributed by atoms with van der Waals surface area (Å²) in [4.78, 5) is 26.0. The van der Waals surface area contributed by atoms with Gasteiger partial charge in [-0.2, -0.15) is 0 Å². The van der Waals surface area contributed by atoms with Crippen LogP contribution in [0.5, 0.6) is 5.75 Å². The zero-order valence-corrected chi connectivity index (χ0v) is 17.9. The van der Waals surface area contributed by atoms with Crippen LogP contribution in [0, 0.1) is 30.2 Å². The Morgan fingerprint density at radius 3 is 2.36 bits per heavy atom. The first-order valence-corrected chi connectivity index (χ1v) is 10.5. The van der Waals surface area contributed by atoms with Crippen LogP contribution in [0.4, 0.5) is 17.6 Å². The van der Waals surface area contributed by atoms with Crippen LogP contribution in [-0.4, -0.2) is 27.7 Å². The maximum absolute atomic E-state index is 15.0. The number of phenolic OH excluding ortho intramolecular Hbond substituents is 1. The quantitative estimate of drug-likeness (QED) is 0.411. The van der Waals surface area contributed by atoms with Crippen LogP contribution in [0.2, 0.25) is 0 Å². The number of hydrogen-bond acceptors (Lipinski definition) is 4. The molecule has 0 spiro atoms. The molecule has 1 aliphatic rings. The van der Waals surface area contributed by atoms with Crippen molar-refractivity contribution >= 4 is 22.8 Å². The van der Waals surface area contributed by atoms with Gasteiger partial charge in [-0.1, -0.05) is 0 Å². The number of carbonyl (C=O) groups is 2. The molecule has 9 heteroatoms. The Labute approximate surface area is 186 Å². The van der Waals surface area contributed by atoms with Gasteiger partial charge in [-0.25, -0.2) is 17.6 Å². The van der Waals surface area contributed by atoms with Gasteiger partial charge in [-0.15, -0.1) is 0 Å². The normalized spacial score (nSPS) is 15.2. The zero-order valence-electron chi connectivity index (χ0n) is 17.9. The first kappa shape index (κ1) is 22.8. The van der Waals surface area contributed by atoms with E-state index in [1.54, 1.807) is 0 Å². The van der Waals surface area contributed by atoms with E-state index >= 15 is 4.39 Å². The third-order valence-electron chi connectivity index (χ3n) is 6.15. The highest BCUT2D eigenvalue weighted by Gasteiger charge is 2.33. The second-order valence-electron chi connectivity index (χ2n) is 8.25. The SMILES string of the molecule is Cc1c(C(C)C(=O)OC2CCCC2)c2c(F)c(O)c(F)cc2n1C(=O)c1ccc(F)c(F)c1. The molecule has 0 bridgehead atoms. The summed E-state index contributed by atoms with van der Waals surface area (Å²) in [6, 6.07) is 3.24. The molecule has 1 atom stereocenters. The minimum atomic E-state index is -1.33. The number of ether oxygens (including phenoxy) is 1. The molecule has 1 heterocycles. The number of phenols is 1. The van der Waals surface area contributed by atoms with E-state index in [9.17, 15) is 27.9 Å². The summed E-state index contributed by atoms with van der Waals surface area (Å²) in [7, 11) is 0. The number of hydrogen-bond donors (Lipinski definition) is 1. The summed E-state index contributed by atoms with van der Waals surface area (Å²) >= 11 is 0. The minimum Gasteiger partial charge on any atom is -0.503 e. The van der Waals surface area contributed by atoms with Crippen LogP contribution >= 0.6 is 0 Å². The maximum atomic E-state index is 15.0. The maximum Gasteiger partial charge on any atom is 0.313 e. The molecule has 1 aliphatic carbocycles. The molecule has 1 aromatic heterocycles. The lowest BCUT2D eigenvalue weighted by atomic mass is 9.97. The van der Waals surface area contributed by atoms with Gasteiger partial charge in [0.25, 0.3) is 5.91 Å². The fourth-order valence-corrected chi connectivity index (χ4v) is 4.45. The summed E-state index contributed by atoms with van der Waals surface area (Å²) in [5.74, 6) is -8.91. The van der Waals surface area contributed by atoms with Crippen molar-refractivity contribution in [1.29, 1.82) is 0 Å². The third-order valence-corrected chi connectivity index (χ3v) is 6.15. The van der Waals surface area contributed by atoms with Gasteiger partial charge < -0.3 is 9.84 Å². The second-order valence-corrected chi connectivity index (χ2v) is 8.25. The number of benzene rings is 2. The van der Waals surface area contributed by atoms with E-state index in [0.29, 0.717) is 18.9 Å². The third kappa shape index (κ3) is 3.85. The number of rotatable bonds is 4. The van der Waals surface area contributed by atoms with Crippen LogP contribution in [0.15, 0.2) is 24.3 Å². The average molecular weight is 463 g/mol. The Morgan fingerprint density at radius 2 is 1.73 bits per heavy atom. The minimum absolute atomic E-state index is 0.0386. The molecule has 3 aromatic rings. The summed E-state index contributed by atoms with van der Waals surface area (Å²) in [5.41, 5.74) is -0.405. The zero-order chi connectivity index (χ0) is 24.0. The van der Waals surface area contributed by atoms with Crippen molar-refractivity contribution in [2.75, 3.05) is 0 Å². The lowest BCUT2D eigenvalue weighted by Gasteiger charge is -2.17. The molecular formula is C24H21F4NO4. The Hall–Kier alpha value is -3.36. The van der Waals surface area contributed by atoms with Crippen molar-refractivity contribution in [1.82, 2.24) is 4.57 Å². The number of fused-ring (bicyclic) bond motifs is 1. The second kappa shape index (κ2) is 8.53. The van der Waals surface area contributed by atoms with Crippen LogP contribution in [0.1, 0.15) is 60.1 Å². The molecule has 1 N–H and O–H groups in total. The average Bonchev–Trinajstić information content (AvgIpc) is 3.38. The van der Waals surface area contributed by atoms with Gasteiger partial charge in [0, 0.05) is 22.7 Å². The van der Waals surface area contributed by atoms with E-state index < -0.39 is 46.8 Å². The van der Waals surface area contributed by atoms with E-state index in [-0.39, 0.29) is 33.8 Å². The van der Waals surface area contributed by atoms with Gasteiger partial charge in [-0.05, 0) is 63.3 Å². The van der Waals surface area contributed by atoms with E-state index in [4.69, 9.17) is 4.74 Å². The fraction of sp³-hybridized carbons (Fsp3) is 0.333. The number of aromatic nitrogens is 1. The molecule has 0 saturated heterocycles. The predicted octanol–water partition coefficient (Wildman–Crippen LogP) is 5.49. The number of esters is 1. The number of nitrogens with zero attached hydrogens (tertiary/aromatic N) is 1. The van der Waals surface area contributed by atoms with Crippen molar-refractivity contribution < 1.29 is 37.0 Å². The van der Waals surface area contributed by atoms with E-state index in [0.717, 1.165) is 35.6 Å². The number of halogens is 4. The molecule has 2 aromatic carbocycles. The molecule has 0 aliphatic heterocycles. The Balaban J connectivity index is 1.89. The summed E-state index contributed by atoms with van der Waals surface area (Å²) < 4.78 is 62.8. The molecule has 1 saturated carbocycles. The molecule has 174 valence electrons. The van der Waals surface area contributed by atoms with Gasteiger partial charge in [0.2, 0.25) is 0 Å². The Kier molecular flexibility index (Phi) is 5.90. The Morgan fingerprint density at radius 1 is 1.06 bits per heavy atom. The highest BCUT2D eigenvalue weighted by Crippen LogP contribution is 2.39. The highest BCUT2D eigenvalue weighted by atomic mass is 19.2. The standard InChI is InChI=1S/C24H21F4NO4/c1-11(24(32)33-14-5-3-4-6-14)19-12(2)29(18-10-17(27)22(30)21(28)20(18)19)23(31)13-7-8-15(25)16(26)9-13/h7-11,14,30H,3-6H2,1-2H3. The summed E-state index contributed by atoms with van der Waals surface area (Å²) in [6.07, 6.45) is 3.03. The topological polar surface area (TPSA) is 68.5 Å². The molecule has 4 rings (SSSR count). The molecule has 1 fully saturated rings. The van der Waals surface area contributed by atoms with Crippen LogP contribution in [0.3, 0.4) is 0 Å². The lowest BCUT2D eigenvalue weighted by Crippen LogP contribution is -2.21. The molecule has 33 heavy (non-hydrogen) atoms. The van der Waals surface area contributed by atoms with Crippen molar-refractivity contribution in [2.24, 2.45) is 0 Å². The van der Waals surface area contributed by atoms with E-state index in [2.05, 4.69) is 0 Å². The van der Waals surface area contributed by atoms with Crippen molar-refractivity contribution in [2.45, 2.75) is 51.6 Å². The van der Waals surface area contributed by atoms with Crippen LogP contribution in [0.25, 0.3) is 10.9 Å². The molecule has 1 unspecified atom stereocenters. The molecule has 5 nitrogen and oxygen atoms in total. The first-order chi connectivity index (χ1) is 15.6. The van der Waals surface area contributed by atoms with Gasteiger partial charge in [-0.3, -0.25) is 14.2 Å². The van der Waals surface area contributed by atoms with Crippen molar-refractivity contribution in [3.05, 3.63) is 64.4 Å². The van der Waals surface area contributed by atoms with Gasteiger partial charge >= 0.3 is 5.97 Å². The Bertz CT molecular complexity index is 1280. The summed E-state index contributed by atoms with van der Waals surface area (Å²) in [6.45, 7) is 2.88. The first-order valence-electron chi connectivity index (χ1n) is 10.5. The summed E-state index contributed by atoms with van der Waals surface area (Å²) in [5, 5.41) is 9.53. The molecule has 0 radical (unpaired) electrons. The van der Waals surface area contributed by atoms with Crippen molar-refractivity contribution in [3.63, 3.8) is 0 Å². The van der Waals surface area contributed by atoms with Gasteiger partial charge in [0.05, 0.1) is 11.4 Å². The van der Waals surface area contributed by atoms with Crippen LogP contribution in [-0.2, 0) is 9.53 Å². The molecular weight excluding hydrogens is 442 g/mol.